The van der Waals surface area contributed by atoms with E-state index in [1.165, 1.54) is 17.1 Å². The van der Waals surface area contributed by atoms with Crippen LogP contribution in [0.4, 0.5) is 0 Å². The molecule has 5 nitrogen and oxygen atoms in total. The minimum atomic E-state index is -0.384. The van der Waals surface area contributed by atoms with Crippen molar-refractivity contribution in [2.75, 3.05) is 0 Å². The first-order valence-electron chi connectivity index (χ1n) is 9.05. The Labute approximate surface area is 155 Å². The van der Waals surface area contributed by atoms with Crippen LogP contribution >= 0.6 is 0 Å². The van der Waals surface area contributed by atoms with Crippen molar-refractivity contribution < 1.29 is 19.1 Å². The van der Waals surface area contributed by atoms with Gasteiger partial charge in [-0.3, -0.25) is 14.5 Å². The summed E-state index contributed by atoms with van der Waals surface area (Å²) in [4.78, 5) is 25.8. The Morgan fingerprint density at radius 3 is 1.92 bits per heavy atom. The van der Waals surface area contributed by atoms with Crippen molar-refractivity contribution >= 4 is 11.8 Å². The zero-order valence-corrected chi connectivity index (χ0v) is 16.4. The number of nitrogens with zero attached hydrogens (tertiary/aromatic N) is 1. The molecule has 1 aromatic rings. The Kier molecular flexibility index (Phi) is 4.37. The molecular weight excluding hydrogens is 330 g/mol. The predicted octanol–water partition coefficient (Wildman–Crippen LogP) is 3.95. The van der Waals surface area contributed by atoms with Crippen LogP contribution in [-0.2, 0) is 16.0 Å². The van der Waals surface area contributed by atoms with E-state index in [0.717, 1.165) is 23.3 Å². The first-order valence-corrected chi connectivity index (χ1v) is 9.05. The summed E-state index contributed by atoms with van der Waals surface area (Å²) in [6.07, 6.45) is 4.09. The summed E-state index contributed by atoms with van der Waals surface area (Å²) in [6.45, 7) is 12.0. The maximum atomic E-state index is 12.2. The average Bonchev–Trinajstić information content (AvgIpc) is 3.03. The zero-order valence-electron chi connectivity index (χ0n) is 16.4. The monoisotopic (exact) mass is 357 g/mol. The second-order valence-electron chi connectivity index (χ2n) is 8.82. The van der Waals surface area contributed by atoms with Gasteiger partial charge in [0.1, 0.15) is 22.7 Å². The van der Waals surface area contributed by atoms with Gasteiger partial charge in [0.2, 0.25) is 0 Å². The normalized spacial score (nSPS) is 19.9. The molecule has 0 unspecified atom stereocenters. The lowest BCUT2D eigenvalue weighted by Gasteiger charge is -2.29. The molecule has 0 radical (unpaired) electrons. The van der Waals surface area contributed by atoms with E-state index in [-0.39, 0.29) is 29.1 Å². The third kappa shape index (κ3) is 3.62. The van der Waals surface area contributed by atoms with E-state index in [1.807, 2.05) is 53.7 Å². The Bertz CT molecular complexity index is 762. The van der Waals surface area contributed by atoms with Crippen LogP contribution in [0, 0.1) is 0 Å². The van der Waals surface area contributed by atoms with Crippen LogP contribution in [0.1, 0.15) is 65.1 Å². The third-order valence-electron chi connectivity index (χ3n) is 4.26. The quantitative estimate of drug-likeness (QED) is 0.769. The molecule has 26 heavy (non-hydrogen) atoms. The number of carbonyl (C=O) groups is 2. The highest BCUT2D eigenvalue weighted by Crippen LogP contribution is 2.47. The number of benzene rings is 1. The van der Waals surface area contributed by atoms with Gasteiger partial charge < -0.3 is 9.47 Å². The van der Waals surface area contributed by atoms with Crippen molar-refractivity contribution in [3.8, 4) is 11.5 Å². The summed E-state index contributed by atoms with van der Waals surface area (Å²) in [5.41, 5.74) is 1.20. The molecule has 2 aliphatic rings. The van der Waals surface area contributed by atoms with E-state index in [9.17, 15) is 9.59 Å². The van der Waals surface area contributed by atoms with Gasteiger partial charge in [-0.15, -0.1) is 0 Å². The number of carbonyl (C=O) groups excluding carboxylic acids is 2. The molecule has 1 heterocycles. The Morgan fingerprint density at radius 1 is 0.885 bits per heavy atom. The molecule has 3 rings (SSSR count). The fourth-order valence-corrected chi connectivity index (χ4v) is 3.49. The first-order chi connectivity index (χ1) is 12.0. The molecular formula is C21H27NO4. The molecule has 0 aromatic heterocycles. The summed E-state index contributed by atoms with van der Waals surface area (Å²) >= 11 is 0. The first kappa shape index (κ1) is 18.5. The standard InChI is InChI=1S/C21H27NO4/c1-20(2,3)25-15-9-10-16(26-21(4,5)6)19-13(15)7-8-14(19)22-17(23)11-12-18(22)24/h9-12,14H,7-8H2,1-6H3/t14-/m0/s1. The van der Waals surface area contributed by atoms with Crippen LogP contribution in [0.2, 0.25) is 0 Å². The summed E-state index contributed by atoms with van der Waals surface area (Å²) in [5, 5.41) is 0. The highest BCUT2D eigenvalue weighted by atomic mass is 16.5. The molecule has 1 aliphatic carbocycles. The topological polar surface area (TPSA) is 55.8 Å². The minimum absolute atomic E-state index is 0.267. The number of rotatable bonds is 3. The number of ether oxygens (including phenoxy) is 2. The van der Waals surface area contributed by atoms with Gasteiger partial charge in [-0.2, -0.15) is 0 Å². The molecule has 1 atom stereocenters. The lowest BCUT2D eigenvalue weighted by atomic mass is 10.0. The molecule has 1 aromatic carbocycles. The summed E-state index contributed by atoms with van der Waals surface area (Å²) in [7, 11) is 0. The molecule has 0 N–H and O–H groups in total. The maximum Gasteiger partial charge on any atom is 0.254 e. The van der Waals surface area contributed by atoms with E-state index in [1.54, 1.807) is 0 Å². The van der Waals surface area contributed by atoms with Crippen molar-refractivity contribution in [2.24, 2.45) is 0 Å². The highest BCUT2D eigenvalue weighted by Gasteiger charge is 2.40. The number of hydrogen-bond acceptors (Lipinski definition) is 4. The predicted molar refractivity (Wildman–Crippen MR) is 99.3 cm³/mol. The van der Waals surface area contributed by atoms with E-state index in [2.05, 4.69) is 0 Å². The fourth-order valence-electron chi connectivity index (χ4n) is 3.49. The molecule has 2 amide bonds. The van der Waals surface area contributed by atoms with Crippen LogP contribution in [0.15, 0.2) is 24.3 Å². The third-order valence-corrected chi connectivity index (χ3v) is 4.26. The van der Waals surface area contributed by atoms with Gasteiger partial charge in [0, 0.05) is 23.3 Å². The van der Waals surface area contributed by atoms with Crippen LogP contribution in [0.5, 0.6) is 11.5 Å². The van der Waals surface area contributed by atoms with E-state index < -0.39 is 0 Å². The second-order valence-corrected chi connectivity index (χ2v) is 8.82. The molecule has 0 saturated carbocycles. The van der Waals surface area contributed by atoms with Crippen LogP contribution < -0.4 is 9.47 Å². The van der Waals surface area contributed by atoms with Gasteiger partial charge in [-0.25, -0.2) is 0 Å². The second kappa shape index (κ2) is 6.15. The van der Waals surface area contributed by atoms with Gasteiger partial charge in [-0.1, -0.05) is 0 Å². The number of amides is 2. The zero-order chi connectivity index (χ0) is 19.3. The van der Waals surface area contributed by atoms with Crippen LogP contribution in [-0.4, -0.2) is 27.9 Å². The minimum Gasteiger partial charge on any atom is -0.488 e. The fraction of sp³-hybridized carbons (Fsp3) is 0.524. The summed E-state index contributed by atoms with van der Waals surface area (Å²) < 4.78 is 12.3. The number of hydrogen-bond donors (Lipinski definition) is 0. The Morgan fingerprint density at radius 2 is 1.38 bits per heavy atom. The Hall–Kier alpha value is -2.30. The molecule has 0 spiro atoms. The van der Waals surface area contributed by atoms with Gasteiger partial charge in [-0.05, 0) is 66.5 Å². The molecule has 5 heteroatoms. The summed E-state index contributed by atoms with van der Waals surface area (Å²) in [6, 6.07) is 3.50. The van der Waals surface area contributed by atoms with E-state index in [4.69, 9.17) is 9.47 Å². The van der Waals surface area contributed by atoms with E-state index >= 15 is 0 Å². The highest BCUT2D eigenvalue weighted by molar-refractivity contribution is 6.13. The number of imide groups is 1. The van der Waals surface area contributed by atoms with Gasteiger partial charge in [0.25, 0.3) is 11.8 Å². The lowest BCUT2D eigenvalue weighted by molar-refractivity contribution is -0.139. The molecule has 0 bridgehead atoms. The molecule has 0 saturated heterocycles. The maximum absolute atomic E-state index is 12.2. The van der Waals surface area contributed by atoms with Crippen molar-refractivity contribution in [2.45, 2.75) is 71.6 Å². The van der Waals surface area contributed by atoms with Crippen LogP contribution in [0.3, 0.4) is 0 Å². The van der Waals surface area contributed by atoms with Gasteiger partial charge >= 0.3 is 0 Å². The van der Waals surface area contributed by atoms with Crippen molar-refractivity contribution in [3.63, 3.8) is 0 Å². The Balaban J connectivity index is 2.08. The van der Waals surface area contributed by atoms with Gasteiger partial charge in [0.15, 0.2) is 0 Å². The van der Waals surface area contributed by atoms with Crippen molar-refractivity contribution in [1.82, 2.24) is 4.90 Å². The molecule has 0 fully saturated rings. The van der Waals surface area contributed by atoms with Gasteiger partial charge in [0.05, 0.1) is 6.04 Å². The number of fused-ring (bicyclic) bond motifs is 1. The van der Waals surface area contributed by atoms with Crippen molar-refractivity contribution in [3.05, 3.63) is 35.4 Å². The summed E-state index contributed by atoms with van der Waals surface area (Å²) in [5.74, 6) is 0.973. The SMILES string of the molecule is CC(C)(C)Oc1ccc(OC(C)(C)C)c2c1CC[C@@H]2N1C(=O)C=CC1=O. The molecule has 1 aliphatic heterocycles. The van der Waals surface area contributed by atoms with Crippen LogP contribution in [0.25, 0.3) is 0 Å². The van der Waals surface area contributed by atoms with E-state index in [0.29, 0.717) is 12.2 Å². The largest absolute Gasteiger partial charge is 0.488 e. The lowest BCUT2D eigenvalue weighted by Crippen LogP contribution is -2.34. The average molecular weight is 357 g/mol. The van der Waals surface area contributed by atoms with Crippen molar-refractivity contribution in [1.29, 1.82) is 0 Å². The smallest absolute Gasteiger partial charge is 0.254 e. The molecule has 140 valence electrons.